The summed E-state index contributed by atoms with van der Waals surface area (Å²) in [4.78, 5) is 2.46. The zero-order valence-electron chi connectivity index (χ0n) is 32.9. The van der Waals surface area contributed by atoms with Crippen LogP contribution in [-0.4, -0.2) is 0 Å². The Morgan fingerprint density at radius 2 is 0.695 bits per heavy atom. The van der Waals surface area contributed by atoms with Crippen molar-refractivity contribution in [1.82, 2.24) is 0 Å². The van der Waals surface area contributed by atoms with Crippen molar-refractivity contribution < 1.29 is 0 Å². The van der Waals surface area contributed by atoms with Crippen LogP contribution < -0.4 is 4.90 Å². The zero-order chi connectivity index (χ0) is 39.4. The van der Waals surface area contributed by atoms with Gasteiger partial charge in [0.2, 0.25) is 0 Å². The quantitative estimate of drug-likeness (QED) is 0.142. The van der Waals surface area contributed by atoms with Gasteiger partial charge in [0.15, 0.2) is 0 Å². The van der Waals surface area contributed by atoms with Gasteiger partial charge >= 0.3 is 0 Å². The summed E-state index contributed by atoms with van der Waals surface area (Å²) in [6.07, 6.45) is 4.27. The smallest absolute Gasteiger partial charge is 0.0458 e. The molecular formula is C58H43N. The molecule has 0 bridgehead atoms. The molecule has 0 amide bonds. The number of fused-ring (bicyclic) bond motifs is 1. The highest BCUT2D eigenvalue weighted by Crippen LogP contribution is 2.43. The maximum atomic E-state index is 2.46. The van der Waals surface area contributed by atoms with Crippen molar-refractivity contribution in [1.29, 1.82) is 0 Å². The molecule has 0 radical (unpaired) electrons. The second-order valence-electron chi connectivity index (χ2n) is 15.2. The highest BCUT2D eigenvalue weighted by Gasteiger charge is 2.23. The second-order valence-corrected chi connectivity index (χ2v) is 15.2. The van der Waals surface area contributed by atoms with E-state index in [1.54, 1.807) is 0 Å². The predicted molar refractivity (Wildman–Crippen MR) is 251 cm³/mol. The van der Waals surface area contributed by atoms with E-state index in [1.807, 2.05) is 0 Å². The molecule has 9 aromatic rings. The first-order valence-corrected chi connectivity index (χ1v) is 20.5. The minimum absolute atomic E-state index is 0.903. The molecule has 0 aromatic heterocycles. The van der Waals surface area contributed by atoms with Gasteiger partial charge in [0.05, 0.1) is 0 Å². The molecule has 9 aromatic carbocycles. The summed E-state index contributed by atoms with van der Waals surface area (Å²) in [5.74, 6) is 0. The molecule has 1 aliphatic rings. The minimum atomic E-state index is 0.903. The van der Waals surface area contributed by atoms with Crippen LogP contribution in [0.15, 0.2) is 242 Å². The summed E-state index contributed by atoms with van der Waals surface area (Å²) in [6, 6.07) is 83.6. The maximum absolute atomic E-state index is 2.46. The van der Waals surface area contributed by atoms with E-state index in [0.29, 0.717) is 0 Å². The van der Waals surface area contributed by atoms with Crippen molar-refractivity contribution in [3.63, 3.8) is 0 Å². The van der Waals surface area contributed by atoms with E-state index < -0.39 is 0 Å². The molecule has 1 aliphatic carbocycles. The van der Waals surface area contributed by atoms with Crippen molar-refractivity contribution in [3.8, 4) is 44.5 Å². The van der Waals surface area contributed by atoms with Crippen LogP contribution >= 0.6 is 0 Å². The van der Waals surface area contributed by atoms with E-state index in [4.69, 9.17) is 0 Å². The highest BCUT2D eigenvalue weighted by atomic mass is 15.1. The van der Waals surface area contributed by atoms with Crippen LogP contribution in [0, 0.1) is 0 Å². The van der Waals surface area contributed by atoms with Crippen LogP contribution in [0.1, 0.15) is 24.0 Å². The van der Waals surface area contributed by atoms with Gasteiger partial charge in [-0.25, -0.2) is 0 Å². The van der Waals surface area contributed by atoms with E-state index in [1.165, 1.54) is 83.3 Å². The lowest BCUT2D eigenvalue weighted by Crippen LogP contribution is -2.18. The lowest BCUT2D eigenvalue weighted by atomic mass is 9.85. The third-order valence-electron chi connectivity index (χ3n) is 11.7. The van der Waals surface area contributed by atoms with Crippen LogP contribution in [0.5, 0.6) is 0 Å². The third kappa shape index (κ3) is 7.43. The Balaban J connectivity index is 1.04. The normalized spacial score (nSPS) is 12.6. The van der Waals surface area contributed by atoms with E-state index >= 15 is 0 Å². The van der Waals surface area contributed by atoms with Crippen molar-refractivity contribution in [2.45, 2.75) is 12.8 Å². The molecule has 0 unspecified atom stereocenters. The Labute approximate surface area is 347 Å². The predicted octanol–water partition coefficient (Wildman–Crippen LogP) is 15.9. The molecular weight excluding hydrogens is 711 g/mol. The van der Waals surface area contributed by atoms with Gasteiger partial charge in [-0.2, -0.15) is 0 Å². The number of hydrogen-bond acceptors (Lipinski definition) is 1. The average Bonchev–Trinajstić information content (AvgIpc) is 3.33. The summed E-state index contributed by atoms with van der Waals surface area (Å²) in [5, 5.41) is 2.52. The van der Waals surface area contributed by atoms with Crippen LogP contribution in [0.3, 0.4) is 0 Å². The Kier molecular flexibility index (Phi) is 9.84. The topological polar surface area (TPSA) is 3.24 Å². The molecule has 10 rings (SSSR count). The van der Waals surface area contributed by atoms with Crippen LogP contribution in [-0.2, 0) is 0 Å². The van der Waals surface area contributed by atoms with Gasteiger partial charge in [-0.1, -0.05) is 206 Å². The Hall–Kier alpha value is -7.48. The average molecular weight is 754 g/mol. The molecule has 0 aliphatic heterocycles. The number of rotatable bonds is 9. The third-order valence-corrected chi connectivity index (χ3v) is 11.7. The van der Waals surface area contributed by atoms with E-state index in [2.05, 4.69) is 241 Å². The fourth-order valence-corrected chi connectivity index (χ4v) is 8.60. The van der Waals surface area contributed by atoms with Crippen LogP contribution in [0.2, 0.25) is 0 Å². The molecule has 0 spiro atoms. The first kappa shape index (κ1) is 35.9. The summed E-state index contributed by atoms with van der Waals surface area (Å²) < 4.78 is 0. The van der Waals surface area contributed by atoms with Gasteiger partial charge in [-0.15, -0.1) is 0 Å². The van der Waals surface area contributed by atoms with Crippen molar-refractivity contribution in [2.75, 3.05) is 4.90 Å². The van der Waals surface area contributed by atoms with Gasteiger partial charge in [0.1, 0.15) is 0 Å². The molecule has 280 valence electrons. The zero-order valence-corrected chi connectivity index (χ0v) is 32.9. The molecule has 0 N–H and O–H groups in total. The molecule has 1 nitrogen and oxygen atoms in total. The summed E-state index contributed by atoms with van der Waals surface area (Å²) in [5.41, 5.74) is 18.5. The van der Waals surface area contributed by atoms with Crippen molar-refractivity contribution in [2.24, 2.45) is 0 Å². The summed E-state index contributed by atoms with van der Waals surface area (Å²) in [7, 11) is 0. The van der Waals surface area contributed by atoms with E-state index in [-0.39, 0.29) is 0 Å². The summed E-state index contributed by atoms with van der Waals surface area (Å²) >= 11 is 0. The Bertz CT molecular complexity index is 2900. The lowest BCUT2D eigenvalue weighted by molar-refractivity contribution is 0.933. The molecule has 0 heterocycles. The second kappa shape index (κ2) is 16.2. The summed E-state index contributed by atoms with van der Waals surface area (Å²) in [6.45, 7) is 0. The monoisotopic (exact) mass is 753 g/mol. The van der Waals surface area contributed by atoms with Crippen molar-refractivity contribution in [3.05, 3.63) is 253 Å². The Morgan fingerprint density at radius 1 is 0.288 bits per heavy atom. The number of allylic oxidation sites excluding steroid dienone is 4. The SMILES string of the molecule is C1=C(N(c2ccc(-c3ccccc3)cc2)c2ccc(-c3cccc4ccccc34)cc2)CCC(c2ccc(-c3ccc(-c4ccccc4)cc3)cc2)=C1c1ccccc1. The van der Waals surface area contributed by atoms with Gasteiger partial charge in [0.25, 0.3) is 0 Å². The molecule has 0 fully saturated rings. The standard InChI is InChI=1S/C58H43N/c1-4-13-42(14-5-1)44-23-25-45(26-24-44)46-27-29-50(30-28-46)57-40-39-54(41-58(57)49-17-8-3-9-18-49)59(52-35-31-47(32-36-52)43-15-6-2-7-16-43)53-37-33-51(34-38-53)56-22-12-20-48-19-10-11-21-55(48)56/h1-38,41H,39-40H2. The number of hydrogen-bond donors (Lipinski definition) is 0. The fourth-order valence-electron chi connectivity index (χ4n) is 8.60. The minimum Gasteiger partial charge on any atom is -0.314 e. The van der Waals surface area contributed by atoms with Gasteiger partial charge in [-0.05, 0) is 121 Å². The fraction of sp³-hybridized carbons (Fsp3) is 0.0345. The Morgan fingerprint density at radius 3 is 1.24 bits per heavy atom. The van der Waals surface area contributed by atoms with Gasteiger partial charge in [0, 0.05) is 17.1 Å². The largest absolute Gasteiger partial charge is 0.314 e. The molecule has 0 saturated heterocycles. The van der Waals surface area contributed by atoms with Crippen LogP contribution in [0.4, 0.5) is 11.4 Å². The molecule has 0 saturated carbocycles. The lowest BCUT2D eigenvalue weighted by Gasteiger charge is -2.32. The van der Waals surface area contributed by atoms with Crippen molar-refractivity contribution >= 4 is 33.3 Å². The first-order valence-electron chi connectivity index (χ1n) is 20.5. The maximum Gasteiger partial charge on any atom is 0.0458 e. The van der Waals surface area contributed by atoms with Crippen LogP contribution in [0.25, 0.3) is 66.4 Å². The number of benzene rings is 9. The molecule has 1 heteroatoms. The number of nitrogens with zero attached hydrogens (tertiary/aromatic N) is 1. The van der Waals surface area contributed by atoms with E-state index in [0.717, 1.165) is 24.2 Å². The molecule has 59 heavy (non-hydrogen) atoms. The van der Waals surface area contributed by atoms with Gasteiger partial charge in [-0.3, -0.25) is 0 Å². The number of anilines is 2. The van der Waals surface area contributed by atoms with Gasteiger partial charge < -0.3 is 4.90 Å². The first-order chi connectivity index (χ1) is 29.2. The highest BCUT2D eigenvalue weighted by molar-refractivity contribution is 5.99. The van der Waals surface area contributed by atoms with E-state index in [9.17, 15) is 0 Å². The molecule has 0 atom stereocenters.